The molecule has 0 saturated heterocycles. The third-order valence-electron chi connectivity index (χ3n) is 2.62. The van der Waals surface area contributed by atoms with Gasteiger partial charge in [-0.2, -0.15) is 0 Å². The van der Waals surface area contributed by atoms with E-state index < -0.39 is 0 Å². The normalized spacial score (nSPS) is 11.3. The molecule has 1 rings (SSSR count). The summed E-state index contributed by atoms with van der Waals surface area (Å²) >= 11 is 0. The summed E-state index contributed by atoms with van der Waals surface area (Å²) in [7, 11) is 0. The molecule has 0 fully saturated rings. The fraction of sp³-hybridized carbons (Fsp3) is 0.375. The number of rotatable bonds is 5. The summed E-state index contributed by atoms with van der Waals surface area (Å²) in [6, 6.07) is 10.6. The van der Waals surface area contributed by atoms with Gasteiger partial charge >= 0.3 is 0 Å². The minimum atomic E-state index is 1.06. The highest BCUT2D eigenvalue weighted by Gasteiger charge is 1.91. The maximum Gasteiger partial charge on any atom is -0.00949 e. The van der Waals surface area contributed by atoms with Gasteiger partial charge in [0.15, 0.2) is 0 Å². The van der Waals surface area contributed by atoms with Gasteiger partial charge in [0.25, 0.3) is 0 Å². The van der Waals surface area contributed by atoms with E-state index in [-0.39, 0.29) is 0 Å². The summed E-state index contributed by atoms with van der Waals surface area (Å²) in [6.45, 7) is 6.54. The quantitative estimate of drug-likeness (QED) is 0.610. The second-order valence-corrected chi connectivity index (χ2v) is 4.56. The highest BCUT2D eigenvalue weighted by Crippen LogP contribution is 2.09. The van der Waals surface area contributed by atoms with E-state index in [4.69, 9.17) is 0 Å². The molecule has 1 aromatic rings. The van der Waals surface area contributed by atoms with Crippen LogP contribution in [0.2, 0.25) is 0 Å². The zero-order chi connectivity index (χ0) is 11.8. The van der Waals surface area contributed by atoms with E-state index in [0.717, 1.165) is 6.42 Å². The largest absolute Gasteiger partial charge is 0.0856 e. The van der Waals surface area contributed by atoms with Crippen molar-refractivity contribution < 1.29 is 0 Å². The Hall–Kier alpha value is -1.30. The van der Waals surface area contributed by atoms with Crippen LogP contribution in [-0.2, 0) is 6.42 Å². The van der Waals surface area contributed by atoms with Crippen molar-refractivity contribution in [3.8, 4) is 0 Å². The summed E-state index contributed by atoms with van der Waals surface area (Å²) in [5.41, 5.74) is 4.29. The zero-order valence-electron chi connectivity index (χ0n) is 10.7. The molecule has 0 spiro atoms. The summed E-state index contributed by atoms with van der Waals surface area (Å²) in [6.07, 6.45) is 8.05. The first-order chi connectivity index (χ1) is 7.68. The van der Waals surface area contributed by atoms with Gasteiger partial charge in [-0.15, -0.1) is 0 Å². The Bertz CT molecular complexity index is 351. The Morgan fingerprint density at radius 3 is 2.31 bits per heavy atom. The molecule has 0 nitrogen and oxygen atoms in total. The molecule has 0 bridgehead atoms. The van der Waals surface area contributed by atoms with E-state index in [1.165, 1.54) is 29.6 Å². The fourth-order valence-corrected chi connectivity index (χ4v) is 1.60. The molecule has 0 N–H and O–H groups in total. The molecule has 1 aromatic carbocycles. The smallest absolute Gasteiger partial charge is 0.00949 e. The Balaban J connectivity index is 2.37. The predicted molar refractivity (Wildman–Crippen MR) is 72.6 cm³/mol. The van der Waals surface area contributed by atoms with Crippen LogP contribution in [-0.4, -0.2) is 0 Å². The maximum atomic E-state index is 2.34. The van der Waals surface area contributed by atoms with Gasteiger partial charge in [0, 0.05) is 0 Å². The standard InChI is InChI=1S/C16H22/c1-14(2)8-7-9-15(3)12-13-16-10-5-4-6-11-16/h4-6,8,10-12H,7,9,13H2,1-3H3/b15-12-. The van der Waals surface area contributed by atoms with Crippen LogP contribution in [0.25, 0.3) is 0 Å². The van der Waals surface area contributed by atoms with E-state index >= 15 is 0 Å². The van der Waals surface area contributed by atoms with Gasteiger partial charge in [0.05, 0.1) is 0 Å². The van der Waals surface area contributed by atoms with Crippen LogP contribution in [0.4, 0.5) is 0 Å². The van der Waals surface area contributed by atoms with Crippen molar-refractivity contribution in [1.82, 2.24) is 0 Å². The van der Waals surface area contributed by atoms with Crippen molar-refractivity contribution in [2.45, 2.75) is 40.0 Å². The average Bonchev–Trinajstić information content (AvgIpc) is 2.27. The summed E-state index contributed by atoms with van der Waals surface area (Å²) in [4.78, 5) is 0. The van der Waals surface area contributed by atoms with Gasteiger partial charge < -0.3 is 0 Å². The number of benzene rings is 1. The minimum Gasteiger partial charge on any atom is -0.0856 e. The Labute approximate surface area is 99.7 Å². The molecule has 0 amide bonds. The molecule has 0 heterocycles. The van der Waals surface area contributed by atoms with Crippen LogP contribution >= 0.6 is 0 Å². The van der Waals surface area contributed by atoms with Gasteiger partial charge in [-0.25, -0.2) is 0 Å². The summed E-state index contributed by atoms with van der Waals surface area (Å²) < 4.78 is 0. The van der Waals surface area contributed by atoms with Crippen molar-refractivity contribution in [3.05, 3.63) is 59.2 Å². The van der Waals surface area contributed by atoms with Gasteiger partial charge in [0.1, 0.15) is 0 Å². The van der Waals surface area contributed by atoms with Crippen molar-refractivity contribution in [1.29, 1.82) is 0 Å². The first-order valence-electron chi connectivity index (χ1n) is 6.01. The monoisotopic (exact) mass is 214 g/mol. The molecule has 16 heavy (non-hydrogen) atoms. The first-order valence-corrected chi connectivity index (χ1v) is 6.01. The Kier molecular flexibility index (Phi) is 5.63. The molecule has 0 atom stereocenters. The maximum absolute atomic E-state index is 2.34. The van der Waals surface area contributed by atoms with E-state index in [1.54, 1.807) is 0 Å². The number of hydrogen-bond donors (Lipinski definition) is 0. The SMILES string of the molecule is CC(C)=CCC/C(C)=C\Cc1ccccc1. The van der Waals surface area contributed by atoms with Crippen molar-refractivity contribution in [3.63, 3.8) is 0 Å². The van der Waals surface area contributed by atoms with Crippen LogP contribution in [0.5, 0.6) is 0 Å². The summed E-state index contributed by atoms with van der Waals surface area (Å²) in [5, 5.41) is 0. The molecule has 0 aliphatic rings. The lowest BCUT2D eigenvalue weighted by Crippen LogP contribution is -1.83. The van der Waals surface area contributed by atoms with Crippen molar-refractivity contribution in [2.24, 2.45) is 0 Å². The number of allylic oxidation sites excluding steroid dienone is 4. The lowest BCUT2D eigenvalue weighted by molar-refractivity contribution is 0.956. The minimum absolute atomic E-state index is 1.06. The molecule has 0 aliphatic carbocycles. The van der Waals surface area contributed by atoms with E-state index in [0.29, 0.717) is 0 Å². The van der Waals surface area contributed by atoms with Crippen molar-refractivity contribution >= 4 is 0 Å². The first kappa shape index (κ1) is 12.8. The van der Waals surface area contributed by atoms with Gasteiger partial charge in [0.2, 0.25) is 0 Å². The molecule has 0 unspecified atom stereocenters. The Morgan fingerprint density at radius 1 is 1.00 bits per heavy atom. The average molecular weight is 214 g/mol. The van der Waals surface area contributed by atoms with Gasteiger partial charge in [-0.1, -0.05) is 53.6 Å². The fourth-order valence-electron chi connectivity index (χ4n) is 1.60. The second-order valence-electron chi connectivity index (χ2n) is 4.56. The van der Waals surface area contributed by atoms with E-state index in [9.17, 15) is 0 Å². The molecule has 0 heteroatoms. The summed E-state index contributed by atoms with van der Waals surface area (Å²) in [5.74, 6) is 0. The van der Waals surface area contributed by atoms with Gasteiger partial charge in [-0.05, 0) is 45.6 Å². The highest BCUT2D eigenvalue weighted by molar-refractivity contribution is 5.18. The third-order valence-corrected chi connectivity index (χ3v) is 2.62. The van der Waals surface area contributed by atoms with Gasteiger partial charge in [-0.3, -0.25) is 0 Å². The van der Waals surface area contributed by atoms with Crippen molar-refractivity contribution in [2.75, 3.05) is 0 Å². The third kappa shape index (κ3) is 5.55. The molecule has 0 radical (unpaired) electrons. The van der Waals surface area contributed by atoms with E-state index in [1.807, 2.05) is 0 Å². The lowest BCUT2D eigenvalue weighted by Gasteiger charge is -2.00. The molecular weight excluding hydrogens is 192 g/mol. The molecule has 0 saturated carbocycles. The predicted octanol–water partition coefficient (Wildman–Crippen LogP) is 4.92. The molecular formula is C16H22. The Morgan fingerprint density at radius 2 is 1.69 bits per heavy atom. The highest BCUT2D eigenvalue weighted by atomic mass is 14.0. The van der Waals surface area contributed by atoms with Crippen LogP contribution in [0.1, 0.15) is 39.2 Å². The van der Waals surface area contributed by atoms with Crippen LogP contribution in [0.3, 0.4) is 0 Å². The lowest BCUT2D eigenvalue weighted by atomic mass is 10.1. The number of hydrogen-bond acceptors (Lipinski definition) is 0. The molecule has 86 valence electrons. The topological polar surface area (TPSA) is 0 Å². The van der Waals surface area contributed by atoms with Crippen LogP contribution in [0.15, 0.2) is 53.6 Å². The van der Waals surface area contributed by atoms with Crippen LogP contribution < -0.4 is 0 Å². The molecule has 0 aromatic heterocycles. The zero-order valence-corrected chi connectivity index (χ0v) is 10.7. The van der Waals surface area contributed by atoms with Crippen LogP contribution in [0, 0.1) is 0 Å². The molecule has 0 aliphatic heterocycles. The van der Waals surface area contributed by atoms with E-state index in [2.05, 4.69) is 63.3 Å². The second kappa shape index (κ2) is 7.05.